The number of rotatable bonds is 9. The highest BCUT2D eigenvalue weighted by atomic mass is 32.2. The second-order valence-electron chi connectivity index (χ2n) is 7.77. The predicted octanol–water partition coefficient (Wildman–Crippen LogP) is 4.99. The van der Waals surface area contributed by atoms with E-state index in [1.165, 1.54) is 4.31 Å². The highest BCUT2D eigenvalue weighted by molar-refractivity contribution is 7.89. The highest BCUT2D eigenvalue weighted by Gasteiger charge is 2.26. The molecule has 0 radical (unpaired) electrons. The minimum Gasteiger partial charge on any atom is -0.325 e. The summed E-state index contributed by atoms with van der Waals surface area (Å²) in [7, 11) is -3.84. The second kappa shape index (κ2) is 10.7. The second-order valence-corrected chi connectivity index (χ2v) is 10.8. The summed E-state index contributed by atoms with van der Waals surface area (Å²) in [6, 6.07) is 25.2. The van der Waals surface area contributed by atoms with Gasteiger partial charge in [-0.25, -0.2) is 13.4 Å². The van der Waals surface area contributed by atoms with Crippen LogP contribution in [-0.2, 0) is 21.2 Å². The predicted molar refractivity (Wildman–Crippen MR) is 136 cm³/mol. The summed E-state index contributed by atoms with van der Waals surface area (Å²) < 4.78 is 27.9. The number of hydrogen-bond donors (Lipinski definition) is 1. The van der Waals surface area contributed by atoms with Crippen LogP contribution in [0.3, 0.4) is 0 Å². The molecule has 6 nitrogen and oxygen atoms in total. The third-order valence-corrected chi connectivity index (χ3v) is 7.89. The number of hydrogen-bond acceptors (Lipinski definition) is 5. The molecule has 8 heteroatoms. The lowest BCUT2D eigenvalue weighted by Gasteiger charge is -2.22. The average Bonchev–Trinajstić information content (AvgIpc) is 3.29. The van der Waals surface area contributed by atoms with E-state index in [1.807, 2.05) is 60.8 Å². The lowest BCUT2D eigenvalue weighted by atomic mass is 10.1. The maximum Gasteiger partial charge on any atom is 0.243 e. The van der Waals surface area contributed by atoms with Crippen molar-refractivity contribution in [3.8, 4) is 11.3 Å². The number of benzene rings is 3. The minimum absolute atomic E-state index is 0.164. The minimum atomic E-state index is -3.84. The molecule has 0 aliphatic carbocycles. The van der Waals surface area contributed by atoms with Crippen LogP contribution in [0.5, 0.6) is 0 Å². The van der Waals surface area contributed by atoms with Crippen molar-refractivity contribution in [1.29, 1.82) is 0 Å². The van der Waals surface area contributed by atoms with Crippen molar-refractivity contribution < 1.29 is 13.2 Å². The van der Waals surface area contributed by atoms with Crippen molar-refractivity contribution in [2.45, 2.75) is 18.2 Å². The zero-order valence-corrected chi connectivity index (χ0v) is 20.4. The summed E-state index contributed by atoms with van der Waals surface area (Å²) in [5, 5.41) is 5.77. The largest absolute Gasteiger partial charge is 0.325 e. The van der Waals surface area contributed by atoms with Gasteiger partial charge in [0, 0.05) is 23.2 Å². The van der Waals surface area contributed by atoms with Gasteiger partial charge in [0.15, 0.2) is 0 Å². The number of aryl methyl sites for hydroxylation is 1. The van der Waals surface area contributed by atoms with Crippen LogP contribution in [-0.4, -0.2) is 36.7 Å². The van der Waals surface area contributed by atoms with Crippen LogP contribution in [0.15, 0.2) is 95.2 Å². The van der Waals surface area contributed by atoms with Gasteiger partial charge in [-0.2, -0.15) is 4.31 Å². The van der Waals surface area contributed by atoms with Gasteiger partial charge in [0.2, 0.25) is 15.9 Å². The van der Waals surface area contributed by atoms with Gasteiger partial charge in [-0.1, -0.05) is 60.7 Å². The molecule has 1 heterocycles. The van der Waals surface area contributed by atoms with Gasteiger partial charge in [-0.15, -0.1) is 11.3 Å². The topological polar surface area (TPSA) is 79.4 Å². The fourth-order valence-electron chi connectivity index (χ4n) is 3.54. The van der Waals surface area contributed by atoms with Crippen molar-refractivity contribution in [2.24, 2.45) is 0 Å². The monoisotopic (exact) mass is 491 g/mol. The van der Waals surface area contributed by atoms with Gasteiger partial charge in [0.25, 0.3) is 0 Å². The standard InChI is InChI=1S/C26H25N3O3S2/c1-20-27-25(19-33-20)22-11-8-12-23(17-22)28-26(30)18-29(16-15-21-9-4-2-5-10-21)34(31,32)24-13-6-3-7-14-24/h2-14,17,19H,15-16,18H2,1H3,(H,28,30). The molecule has 174 valence electrons. The Morgan fingerprint density at radius 1 is 0.971 bits per heavy atom. The quantitative estimate of drug-likeness (QED) is 0.358. The number of aromatic nitrogens is 1. The molecule has 4 rings (SSSR count). The summed E-state index contributed by atoms with van der Waals surface area (Å²) in [5.41, 5.74) is 3.32. The molecule has 34 heavy (non-hydrogen) atoms. The number of nitrogens with zero attached hydrogens (tertiary/aromatic N) is 2. The van der Waals surface area contributed by atoms with E-state index in [-0.39, 0.29) is 18.0 Å². The first-order valence-corrected chi connectivity index (χ1v) is 13.2. The smallest absolute Gasteiger partial charge is 0.243 e. The van der Waals surface area contributed by atoms with Crippen molar-refractivity contribution in [3.05, 3.63) is 101 Å². The fraction of sp³-hybridized carbons (Fsp3) is 0.154. The van der Waals surface area contributed by atoms with Crippen LogP contribution in [0.4, 0.5) is 5.69 Å². The van der Waals surface area contributed by atoms with E-state index in [0.29, 0.717) is 12.1 Å². The molecule has 0 saturated carbocycles. The van der Waals surface area contributed by atoms with E-state index in [9.17, 15) is 13.2 Å². The molecule has 0 aliphatic heterocycles. The molecule has 1 N–H and O–H groups in total. The average molecular weight is 492 g/mol. The molecule has 0 fully saturated rings. The SMILES string of the molecule is Cc1nc(-c2cccc(NC(=O)CN(CCc3ccccc3)S(=O)(=O)c3ccccc3)c2)cs1. The van der Waals surface area contributed by atoms with Gasteiger partial charge < -0.3 is 5.32 Å². The Morgan fingerprint density at radius 2 is 1.68 bits per heavy atom. The molecule has 0 saturated heterocycles. The molecule has 0 atom stereocenters. The Morgan fingerprint density at radius 3 is 2.35 bits per heavy atom. The Hall–Kier alpha value is -3.33. The zero-order valence-electron chi connectivity index (χ0n) is 18.7. The Kier molecular flexibility index (Phi) is 7.52. The highest BCUT2D eigenvalue weighted by Crippen LogP contribution is 2.24. The van der Waals surface area contributed by atoms with Crippen LogP contribution >= 0.6 is 11.3 Å². The van der Waals surface area contributed by atoms with Crippen LogP contribution in [0, 0.1) is 6.92 Å². The van der Waals surface area contributed by atoms with Crippen LogP contribution < -0.4 is 5.32 Å². The first-order chi connectivity index (χ1) is 16.4. The van der Waals surface area contributed by atoms with Crippen molar-refractivity contribution in [1.82, 2.24) is 9.29 Å². The molecular weight excluding hydrogens is 466 g/mol. The van der Waals surface area contributed by atoms with Crippen LogP contribution in [0.2, 0.25) is 0 Å². The van der Waals surface area contributed by atoms with Crippen molar-refractivity contribution >= 4 is 33.0 Å². The number of amides is 1. The van der Waals surface area contributed by atoms with Crippen LogP contribution in [0.1, 0.15) is 10.6 Å². The number of carbonyl (C=O) groups excluding carboxylic acids is 1. The number of sulfonamides is 1. The normalized spacial score (nSPS) is 11.5. The number of thiazole rings is 1. The fourth-order valence-corrected chi connectivity index (χ4v) is 5.58. The van der Waals surface area contributed by atoms with Crippen molar-refractivity contribution in [2.75, 3.05) is 18.4 Å². The number of nitrogens with one attached hydrogen (secondary N) is 1. The van der Waals surface area contributed by atoms with E-state index in [0.717, 1.165) is 21.8 Å². The lowest BCUT2D eigenvalue weighted by Crippen LogP contribution is -2.39. The van der Waals surface area contributed by atoms with E-state index in [1.54, 1.807) is 47.7 Å². The van der Waals surface area contributed by atoms with Crippen molar-refractivity contribution in [3.63, 3.8) is 0 Å². The third kappa shape index (κ3) is 5.96. The third-order valence-electron chi connectivity index (χ3n) is 5.25. The molecule has 0 spiro atoms. The molecule has 1 amide bonds. The number of anilines is 1. The summed E-state index contributed by atoms with van der Waals surface area (Å²) >= 11 is 1.56. The molecule has 0 bridgehead atoms. The summed E-state index contributed by atoms with van der Waals surface area (Å²) in [6.07, 6.45) is 0.499. The Bertz CT molecular complexity index is 1350. The van der Waals surface area contributed by atoms with Gasteiger partial charge in [0.05, 0.1) is 22.1 Å². The van der Waals surface area contributed by atoms with Gasteiger partial charge in [-0.05, 0) is 43.2 Å². The molecule has 4 aromatic rings. The van der Waals surface area contributed by atoms with Gasteiger partial charge >= 0.3 is 0 Å². The molecule has 1 aromatic heterocycles. The van der Waals surface area contributed by atoms with E-state index in [2.05, 4.69) is 10.3 Å². The van der Waals surface area contributed by atoms with Gasteiger partial charge in [-0.3, -0.25) is 4.79 Å². The summed E-state index contributed by atoms with van der Waals surface area (Å²) in [6.45, 7) is 1.84. The zero-order chi connectivity index (χ0) is 24.0. The van der Waals surface area contributed by atoms with Crippen LogP contribution in [0.25, 0.3) is 11.3 Å². The molecule has 0 unspecified atom stereocenters. The van der Waals surface area contributed by atoms with E-state index < -0.39 is 15.9 Å². The lowest BCUT2D eigenvalue weighted by molar-refractivity contribution is -0.116. The molecule has 3 aromatic carbocycles. The molecule has 0 aliphatic rings. The summed E-state index contributed by atoms with van der Waals surface area (Å²) in [5.74, 6) is -0.404. The Labute approximate surface area is 204 Å². The summed E-state index contributed by atoms with van der Waals surface area (Å²) in [4.78, 5) is 17.6. The number of carbonyl (C=O) groups is 1. The Balaban J connectivity index is 1.52. The first kappa shape index (κ1) is 23.8. The van der Waals surface area contributed by atoms with Gasteiger partial charge in [0.1, 0.15) is 0 Å². The first-order valence-electron chi connectivity index (χ1n) is 10.8. The maximum atomic E-state index is 13.3. The molecular formula is C26H25N3O3S2. The van der Waals surface area contributed by atoms with E-state index >= 15 is 0 Å². The maximum absolute atomic E-state index is 13.3. The van der Waals surface area contributed by atoms with E-state index in [4.69, 9.17) is 0 Å².